The highest BCUT2D eigenvalue weighted by molar-refractivity contribution is 8.10. The summed E-state index contributed by atoms with van der Waals surface area (Å²) in [6, 6.07) is 0. The molecule has 0 N–H and O–H groups in total. The highest BCUT2D eigenvalue weighted by atomic mass is 32.2. The van der Waals surface area contributed by atoms with Gasteiger partial charge in [-0.15, -0.1) is 11.8 Å². The summed E-state index contributed by atoms with van der Waals surface area (Å²) < 4.78 is 13.3. The minimum absolute atomic E-state index is 0.440. The lowest BCUT2D eigenvalue weighted by molar-refractivity contribution is 0.155. The number of unbranched alkanes of at least 4 members (excludes halogenated alkanes) is 4. The Morgan fingerprint density at radius 2 is 1.67 bits per heavy atom. The summed E-state index contributed by atoms with van der Waals surface area (Å²) >= 11 is 2.07. The van der Waals surface area contributed by atoms with E-state index >= 15 is 0 Å². The van der Waals surface area contributed by atoms with Crippen LogP contribution in [0.2, 0.25) is 0 Å². The number of thioether (sulfide) groups is 1. The standard InChI is InChI=1S/C27H52OS2/c1-7-9-11-12-13-24-18-25(22(4)17-21(24)3)29-20-30(28)26-14-16-27(6,15-10-8-2)19-23(26)5/h21-26H,7-20H2,1-6H3. The van der Waals surface area contributed by atoms with Gasteiger partial charge in [0.05, 0.1) is 5.08 Å². The first-order chi connectivity index (χ1) is 14.3. The van der Waals surface area contributed by atoms with Crippen molar-refractivity contribution in [2.24, 2.45) is 29.1 Å². The molecule has 2 aliphatic carbocycles. The highest BCUT2D eigenvalue weighted by Gasteiger charge is 2.38. The van der Waals surface area contributed by atoms with Gasteiger partial charge in [0.25, 0.3) is 0 Å². The van der Waals surface area contributed by atoms with Crippen LogP contribution in [0.5, 0.6) is 0 Å². The highest BCUT2D eigenvalue weighted by Crippen LogP contribution is 2.46. The number of rotatable bonds is 12. The van der Waals surface area contributed by atoms with Crippen molar-refractivity contribution in [2.45, 2.75) is 136 Å². The van der Waals surface area contributed by atoms with Gasteiger partial charge < -0.3 is 0 Å². The zero-order valence-corrected chi connectivity index (χ0v) is 22.7. The fourth-order valence-corrected chi connectivity index (χ4v) is 10.2. The Balaban J connectivity index is 1.80. The van der Waals surface area contributed by atoms with E-state index in [0.29, 0.717) is 16.6 Å². The molecule has 0 spiro atoms. The van der Waals surface area contributed by atoms with Crippen molar-refractivity contribution in [2.75, 3.05) is 5.08 Å². The normalized spacial score (nSPS) is 38.5. The maximum Gasteiger partial charge on any atom is 0.0698 e. The molecule has 8 atom stereocenters. The molecule has 2 rings (SSSR count). The largest absolute Gasteiger partial charge is 0.258 e. The predicted octanol–water partition coefficient (Wildman–Crippen LogP) is 8.83. The van der Waals surface area contributed by atoms with E-state index in [1.165, 1.54) is 83.5 Å². The van der Waals surface area contributed by atoms with Crippen molar-refractivity contribution in [3.05, 3.63) is 0 Å². The summed E-state index contributed by atoms with van der Waals surface area (Å²) in [6.45, 7) is 14.4. The van der Waals surface area contributed by atoms with E-state index in [0.717, 1.165) is 28.1 Å². The maximum absolute atomic E-state index is 13.3. The zero-order chi connectivity index (χ0) is 22.1. The molecular weight excluding hydrogens is 404 g/mol. The Labute approximate surface area is 196 Å². The van der Waals surface area contributed by atoms with Crippen LogP contribution in [0.4, 0.5) is 0 Å². The van der Waals surface area contributed by atoms with Crippen LogP contribution in [0.3, 0.4) is 0 Å². The van der Waals surface area contributed by atoms with E-state index in [1.54, 1.807) is 0 Å². The van der Waals surface area contributed by atoms with E-state index in [2.05, 4.69) is 53.3 Å². The Kier molecular flexibility index (Phi) is 11.8. The average Bonchev–Trinajstić information content (AvgIpc) is 2.70. The third-order valence-electron chi connectivity index (χ3n) is 8.50. The fourth-order valence-electron chi connectivity index (χ4n) is 6.41. The molecule has 0 heterocycles. The van der Waals surface area contributed by atoms with Gasteiger partial charge in [-0.1, -0.05) is 86.5 Å². The van der Waals surface area contributed by atoms with Crippen LogP contribution in [0.25, 0.3) is 0 Å². The lowest BCUT2D eigenvalue weighted by Crippen LogP contribution is -2.37. The molecule has 178 valence electrons. The second-order valence-electron chi connectivity index (χ2n) is 11.4. The topological polar surface area (TPSA) is 17.1 Å². The quantitative estimate of drug-likeness (QED) is 0.273. The second kappa shape index (κ2) is 13.3. The summed E-state index contributed by atoms with van der Waals surface area (Å²) in [5, 5.41) is 2.05. The lowest BCUT2D eigenvalue weighted by Gasteiger charge is -2.42. The first-order valence-electron chi connectivity index (χ1n) is 13.3. The van der Waals surface area contributed by atoms with Crippen molar-refractivity contribution in [3.63, 3.8) is 0 Å². The van der Waals surface area contributed by atoms with Crippen molar-refractivity contribution in [1.29, 1.82) is 0 Å². The monoisotopic (exact) mass is 456 g/mol. The third-order valence-corrected chi connectivity index (χ3v) is 12.4. The average molecular weight is 457 g/mol. The van der Waals surface area contributed by atoms with Crippen LogP contribution in [0, 0.1) is 29.1 Å². The van der Waals surface area contributed by atoms with Gasteiger partial charge in [0.15, 0.2) is 0 Å². The van der Waals surface area contributed by atoms with E-state index in [9.17, 15) is 4.21 Å². The molecule has 0 amide bonds. The van der Waals surface area contributed by atoms with Crippen molar-refractivity contribution >= 4 is 22.6 Å². The Bertz CT molecular complexity index is 507. The molecule has 0 bridgehead atoms. The van der Waals surface area contributed by atoms with Crippen LogP contribution < -0.4 is 0 Å². The van der Waals surface area contributed by atoms with Crippen LogP contribution in [0.15, 0.2) is 0 Å². The van der Waals surface area contributed by atoms with Gasteiger partial charge in [0, 0.05) is 21.3 Å². The van der Waals surface area contributed by atoms with Gasteiger partial charge in [0.2, 0.25) is 0 Å². The van der Waals surface area contributed by atoms with E-state index in [-0.39, 0.29) is 0 Å². The Morgan fingerprint density at radius 1 is 0.933 bits per heavy atom. The first-order valence-corrected chi connectivity index (χ1v) is 15.7. The third kappa shape index (κ3) is 8.13. The summed E-state index contributed by atoms with van der Waals surface area (Å²) in [5.74, 6) is 3.19. The summed E-state index contributed by atoms with van der Waals surface area (Å²) in [7, 11) is -0.657. The zero-order valence-electron chi connectivity index (χ0n) is 21.1. The molecule has 30 heavy (non-hydrogen) atoms. The Hall–Kier alpha value is 0.500. The van der Waals surface area contributed by atoms with Crippen LogP contribution >= 0.6 is 11.8 Å². The molecule has 0 radical (unpaired) electrons. The predicted molar refractivity (Wildman–Crippen MR) is 139 cm³/mol. The molecule has 2 aliphatic rings. The molecular formula is C27H52OS2. The summed E-state index contributed by atoms with van der Waals surface area (Å²) in [5.41, 5.74) is 0.502. The smallest absolute Gasteiger partial charge is 0.0698 e. The second-order valence-corrected chi connectivity index (χ2v) is 14.7. The molecule has 1 nitrogen and oxygen atoms in total. The van der Waals surface area contributed by atoms with Crippen LogP contribution in [-0.4, -0.2) is 19.8 Å². The molecule has 2 fully saturated rings. The molecule has 3 heteroatoms. The Morgan fingerprint density at radius 3 is 2.33 bits per heavy atom. The molecule has 0 aliphatic heterocycles. The van der Waals surface area contributed by atoms with E-state index in [1.807, 2.05) is 0 Å². The van der Waals surface area contributed by atoms with Gasteiger partial charge in [-0.3, -0.25) is 4.21 Å². The minimum Gasteiger partial charge on any atom is -0.258 e. The lowest BCUT2D eigenvalue weighted by atomic mass is 9.69. The fraction of sp³-hybridized carbons (Fsp3) is 1.00. The molecule has 0 aromatic carbocycles. The van der Waals surface area contributed by atoms with Gasteiger partial charge in [-0.25, -0.2) is 0 Å². The number of hydrogen-bond donors (Lipinski definition) is 0. The summed E-state index contributed by atoms with van der Waals surface area (Å²) in [4.78, 5) is 0. The number of hydrogen-bond acceptors (Lipinski definition) is 2. The minimum atomic E-state index is -0.657. The molecule has 0 aromatic rings. The van der Waals surface area contributed by atoms with Crippen molar-refractivity contribution < 1.29 is 4.21 Å². The van der Waals surface area contributed by atoms with Crippen molar-refractivity contribution in [3.8, 4) is 0 Å². The molecule has 8 unspecified atom stereocenters. The van der Waals surface area contributed by atoms with Gasteiger partial charge >= 0.3 is 0 Å². The first kappa shape index (κ1) is 26.7. The maximum atomic E-state index is 13.3. The van der Waals surface area contributed by atoms with E-state index in [4.69, 9.17) is 0 Å². The van der Waals surface area contributed by atoms with Gasteiger partial charge in [-0.05, 0) is 67.6 Å². The van der Waals surface area contributed by atoms with E-state index < -0.39 is 10.8 Å². The van der Waals surface area contributed by atoms with Crippen LogP contribution in [-0.2, 0) is 10.8 Å². The van der Waals surface area contributed by atoms with Gasteiger partial charge in [0.1, 0.15) is 0 Å². The molecule has 2 saturated carbocycles. The molecule has 0 saturated heterocycles. The van der Waals surface area contributed by atoms with Crippen LogP contribution in [0.1, 0.15) is 125 Å². The van der Waals surface area contributed by atoms with Crippen molar-refractivity contribution in [1.82, 2.24) is 0 Å². The van der Waals surface area contributed by atoms with Gasteiger partial charge in [-0.2, -0.15) is 0 Å². The summed E-state index contributed by atoms with van der Waals surface area (Å²) in [6.07, 6.45) is 17.5. The molecule has 0 aromatic heterocycles. The SMILES string of the molecule is CCCCCCC1CC(SCS(=O)C2CCC(C)(CCCC)CC2C)C(C)CC1C.